The van der Waals surface area contributed by atoms with Gasteiger partial charge in [0.05, 0.1) is 11.0 Å². The van der Waals surface area contributed by atoms with Crippen LogP contribution >= 0.6 is 11.8 Å². The third-order valence-corrected chi connectivity index (χ3v) is 4.30. The standard InChI is InChI=1S/C14H12N2O2S/c17-16(18)11-7-5-10(6-8-11)15-13-9-19-14-4-2-1-3-12(13)14/h1-8,13,15H,9H2. The van der Waals surface area contributed by atoms with Gasteiger partial charge in [-0.05, 0) is 23.8 Å². The molecule has 5 heteroatoms. The molecule has 19 heavy (non-hydrogen) atoms. The summed E-state index contributed by atoms with van der Waals surface area (Å²) in [5.74, 6) is 0.982. The van der Waals surface area contributed by atoms with Crippen LogP contribution in [0.5, 0.6) is 0 Å². The molecule has 96 valence electrons. The maximum atomic E-state index is 10.6. The van der Waals surface area contributed by atoms with E-state index < -0.39 is 0 Å². The third kappa shape index (κ3) is 2.42. The Morgan fingerprint density at radius 3 is 2.63 bits per heavy atom. The second-order valence-electron chi connectivity index (χ2n) is 4.35. The lowest BCUT2D eigenvalue weighted by Crippen LogP contribution is -2.09. The van der Waals surface area contributed by atoms with Crippen LogP contribution in [0.4, 0.5) is 11.4 Å². The normalized spacial score (nSPS) is 16.9. The van der Waals surface area contributed by atoms with Crippen molar-refractivity contribution in [2.45, 2.75) is 10.9 Å². The zero-order valence-corrected chi connectivity index (χ0v) is 10.9. The predicted octanol–water partition coefficient (Wildman–Crippen LogP) is 3.85. The lowest BCUT2D eigenvalue weighted by atomic mass is 10.1. The van der Waals surface area contributed by atoms with Crippen LogP contribution in [-0.2, 0) is 0 Å². The fourth-order valence-electron chi connectivity index (χ4n) is 2.16. The molecule has 0 aromatic heterocycles. The van der Waals surface area contributed by atoms with E-state index >= 15 is 0 Å². The van der Waals surface area contributed by atoms with Gasteiger partial charge in [0.15, 0.2) is 0 Å². The van der Waals surface area contributed by atoms with Crippen molar-refractivity contribution < 1.29 is 4.92 Å². The molecule has 0 bridgehead atoms. The molecule has 1 aliphatic rings. The minimum absolute atomic E-state index is 0.117. The highest BCUT2D eigenvalue weighted by atomic mass is 32.2. The van der Waals surface area contributed by atoms with Crippen LogP contribution in [0.3, 0.4) is 0 Å². The zero-order chi connectivity index (χ0) is 13.2. The molecule has 0 spiro atoms. The van der Waals surface area contributed by atoms with Gasteiger partial charge in [0.25, 0.3) is 5.69 Å². The number of non-ortho nitro benzene ring substituents is 1. The highest BCUT2D eigenvalue weighted by molar-refractivity contribution is 7.99. The summed E-state index contributed by atoms with van der Waals surface area (Å²) < 4.78 is 0. The number of anilines is 1. The van der Waals surface area contributed by atoms with Crippen LogP contribution in [0.15, 0.2) is 53.4 Å². The average molecular weight is 272 g/mol. The number of benzene rings is 2. The molecule has 0 fully saturated rings. The van der Waals surface area contributed by atoms with Gasteiger partial charge < -0.3 is 5.32 Å². The van der Waals surface area contributed by atoms with Crippen LogP contribution in [0.2, 0.25) is 0 Å². The largest absolute Gasteiger partial charge is 0.377 e. The quantitative estimate of drug-likeness (QED) is 0.681. The molecule has 0 radical (unpaired) electrons. The van der Waals surface area contributed by atoms with Crippen LogP contribution < -0.4 is 5.32 Å². The fraction of sp³-hybridized carbons (Fsp3) is 0.143. The molecule has 0 saturated heterocycles. The van der Waals surface area contributed by atoms with Gasteiger partial charge in [-0.3, -0.25) is 10.1 Å². The molecule has 1 aliphatic heterocycles. The van der Waals surface area contributed by atoms with Crippen molar-refractivity contribution in [3.8, 4) is 0 Å². The third-order valence-electron chi connectivity index (χ3n) is 3.12. The monoisotopic (exact) mass is 272 g/mol. The van der Waals surface area contributed by atoms with E-state index in [1.165, 1.54) is 22.6 Å². The molecule has 3 rings (SSSR count). The van der Waals surface area contributed by atoms with Crippen molar-refractivity contribution in [2.75, 3.05) is 11.1 Å². The Balaban J connectivity index is 1.78. The van der Waals surface area contributed by atoms with E-state index in [-0.39, 0.29) is 16.7 Å². The molecule has 1 N–H and O–H groups in total. The second-order valence-corrected chi connectivity index (χ2v) is 5.41. The van der Waals surface area contributed by atoms with Crippen LogP contribution in [0.25, 0.3) is 0 Å². The first-order valence-electron chi connectivity index (χ1n) is 5.97. The molecule has 1 atom stereocenters. The molecule has 4 nitrogen and oxygen atoms in total. The van der Waals surface area contributed by atoms with Crippen molar-refractivity contribution in [1.82, 2.24) is 0 Å². The van der Waals surface area contributed by atoms with Gasteiger partial charge in [0.1, 0.15) is 0 Å². The Bertz CT molecular complexity index is 613. The Hall–Kier alpha value is -2.01. The first-order valence-corrected chi connectivity index (χ1v) is 6.95. The number of rotatable bonds is 3. The van der Waals surface area contributed by atoms with E-state index in [1.807, 2.05) is 23.9 Å². The van der Waals surface area contributed by atoms with Crippen molar-refractivity contribution in [1.29, 1.82) is 0 Å². The van der Waals surface area contributed by atoms with E-state index in [0.717, 1.165) is 11.4 Å². The molecule has 2 aromatic rings. The zero-order valence-electron chi connectivity index (χ0n) is 10.1. The average Bonchev–Trinajstić information content (AvgIpc) is 2.83. The van der Waals surface area contributed by atoms with E-state index in [1.54, 1.807) is 12.1 Å². The number of hydrogen-bond donors (Lipinski definition) is 1. The lowest BCUT2D eigenvalue weighted by Gasteiger charge is -2.14. The number of thioether (sulfide) groups is 1. The Kier molecular flexibility index (Phi) is 3.13. The maximum absolute atomic E-state index is 10.6. The minimum Gasteiger partial charge on any atom is -0.377 e. The number of nitrogens with one attached hydrogen (secondary N) is 1. The number of fused-ring (bicyclic) bond motifs is 1. The summed E-state index contributed by atoms with van der Waals surface area (Å²) in [7, 11) is 0. The summed E-state index contributed by atoms with van der Waals surface area (Å²) in [5.41, 5.74) is 2.32. The maximum Gasteiger partial charge on any atom is 0.269 e. The topological polar surface area (TPSA) is 55.2 Å². The molecule has 2 aromatic carbocycles. The lowest BCUT2D eigenvalue weighted by molar-refractivity contribution is -0.384. The first-order chi connectivity index (χ1) is 9.24. The number of hydrogen-bond acceptors (Lipinski definition) is 4. The van der Waals surface area contributed by atoms with Crippen molar-refractivity contribution in [3.05, 3.63) is 64.2 Å². The van der Waals surface area contributed by atoms with Gasteiger partial charge in [-0.25, -0.2) is 0 Å². The minimum atomic E-state index is -0.384. The molecular weight excluding hydrogens is 260 g/mol. The fourth-order valence-corrected chi connectivity index (χ4v) is 3.32. The SMILES string of the molecule is O=[N+]([O-])c1ccc(NC2CSc3ccccc32)cc1. The van der Waals surface area contributed by atoms with Crippen molar-refractivity contribution >= 4 is 23.1 Å². The van der Waals surface area contributed by atoms with Gasteiger partial charge in [-0.15, -0.1) is 11.8 Å². The summed E-state index contributed by atoms with van der Waals surface area (Å²) in [6, 6.07) is 15.1. The number of nitrogens with zero attached hydrogens (tertiary/aromatic N) is 1. The Morgan fingerprint density at radius 2 is 1.89 bits per heavy atom. The van der Waals surface area contributed by atoms with Gasteiger partial charge >= 0.3 is 0 Å². The summed E-state index contributed by atoms with van der Waals surface area (Å²) in [6.07, 6.45) is 0. The molecule has 0 amide bonds. The first kappa shape index (κ1) is 12.0. The van der Waals surface area contributed by atoms with Gasteiger partial charge in [0.2, 0.25) is 0 Å². The number of nitro groups is 1. The molecule has 0 aliphatic carbocycles. The van der Waals surface area contributed by atoms with Crippen LogP contribution in [-0.4, -0.2) is 10.7 Å². The Labute approximate surface area is 115 Å². The van der Waals surface area contributed by atoms with Crippen LogP contribution in [0, 0.1) is 10.1 Å². The van der Waals surface area contributed by atoms with E-state index in [9.17, 15) is 10.1 Å². The Morgan fingerprint density at radius 1 is 1.16 bits per heavy atom. The molecule has 1 heterocycles. The molecule has 0 saturated carbocycles. The summed E-state index contributed by atoms with van der Waals surface area (Å²) in [5, 5.41) is 14.0. The highest BCUT2D eigenvalue weighted by Gasteiger charge is 2.22. The highest BCUT2D eigenvalue weighted by Crippen LogP contribution is 2.39. The van der Waals surface area contributed by atoms with Crippen molar-refractivity contribution in [3.63, 3.8) is 0 Å². The van der Waals surface area contributed by atoms with E-state index in [4.69, 9.17) is 0 Å². The van der Waals surface area contributed by atoms with Gasteiger partial charge in [0, 0.05) is 28.5 Å². The summed E-state index contributed by atoms with van der Waals surface area (Å²) in [4.78, 5) is 11.5. The van der Waals surface area contributed by atoms with Crippen LogP contribution in [0.1, 0.15) is 11.6 Å². The summed E-state index contributed by atoms with van der Waals surface area (Å²) in [6.45, 7) is 0. The van der Waals surface area contributed by atoms with Crippen molar-refractivity contribution in [2.24, 2.45) is 0 Å². The van der Waals surface area contributed by atoms with E-state index in [0.29, 0.717) is 0 Å². The second kappa shape index (κ2) is 4.93. The summed E-state index contributed by atoms with van der Waals surface area (Å²) >= 11 is 1.83. The predicted molar refractivity (Wildman–Crippen MR) is 76.6 cm³/mol. The smallest absolute Gasteiger partial charge is 0.269 e. The molecular formula is C14H12N2O2S. The van der Waals surface area contributed by atoms with E-state index in [2.05, 4.69) is 17.4 Å². The van der Waals surface area contributed by atoms with Gasteiger partial charge in [-0.1, -0.05) is 18.2 Å². The van der Waals surface area contributed by atoms with Gasteiger partial charge in [-0.2, -0.15) is 0 Å². The number of nitro benzene ring substituents is 1. The molecule has 1 unspecified atom stereocenters.